The van der Waals surface area contributed by atoms with E-state index < -0.39 is 23.0 Å². The van der Waals surface area contributed by atoms with Crippen LogP contribution in [-0.4, -0.2) is 34.7 Å². The van der Waals surface area contributed by atoms with E-state index in [9.17, 15) is 14.7 Å². The molecule has 4 atom stereocenters. The number of ether oxygens (including phenoxy) is 1. The summed E-state index contributed by atoms with van der Waals surface area (Å²) < 4.78 is 5.88. The van der Waals surface area contributed by atoms with Crippen molar-refractivity contribution in [3.8, 4) is 0 Å². The van der Waals surface area contributed by atoms with Gasteiger partial charge in [-0.15, -0.1) is 0 Å². The molecule has 1 aromatic rings. The fourth-order valence-electron chi connectivity index (χ4n) is 4.06. The summed E-state index contributed by atoms with van der Waals surface area (Å²) in [4.78, 5) is 27.0. The van der Waals surface area contributed by atoms with E-state index in [1.165, 1.54) is 4.90 Å². The van der Waals surface area contributed by atoms with E-state index in [0.717, 1.165) is 5.56 Å². The predicted octanol–water partition coefficient (Wildman–Crippen LogP) is 1.19. The second kappa shape index (κ2) is 4.06. The number of anilines is 1. The normalized spacial score (nSPS) is 39.0. The average molecular weight is 299 g/mol. The van der Waals surface area contributed by atoms with Gasteiger partial charge in [0.15, 0.2) is 0 Å². The lowest BCUT2D eigenvalue weighted by atomic mass is 9.73. The number of hydrogen-bond donors (Lipinski definition) is 1. The predicted molar refractivity (Wildman–Crippen MR) is 79.1 cm³/mol. The van der Waals surface area contributed by atoms with Gasteiger partial charge in [-0.3, -0.25) is 9.59 Å². The first kappa shape index (κ1) is 13.7. The number of hydrogen-bond acceptors (Lipinski definition) is 4. The van der Waals surface area contributed by atoms with Crippen molar-refractivity contribution in [3.05, 3.63) is 42.0 Å². The zero-order chi connectivity index (χ0) is 15.7. The van der Waals surface area contributed by atoms with Gasteiger partial charge in [-0.2, -0.15) is 0 Å². The Morgan fingerprint density at radius 2 is 1.95 bits per heavy atom. The second-order valence-corrected chi connectivity index (χ2v) is 6.54. The van der Waals surface area contributed by atoms with Crippen molar-refractivity contribution in [2.24, 2.45) is 11.8 Å². The van der Waals surface area contributed by atoms with Crippen LogP contribution in [0.3, 0.4) is 0 Å². The van der Waals surface area contributed by atoms with Gasteiger partial charge >= 0.3 is 0 Å². The van der Waals surface area contributed by atoms with Crippen LogP contribution < -0.4 is 4.90 Å². The Morgan fingerprint density at radius 3 is 2.64 bits per heavy atom. The summed E-state index contributed by atoms with van der Waals surface area (Å²) in [6.45, 7) is 3.41. The Kier molecular flexibility index (Phi) is 2.52. The highest BCUT2D eigenvalue weighted by Crippen LogP contribution is 2.57. The van der Waals surface area contributed by atoms with E-state index in [1.54, 1.807) is 25.1 Å². The van der Waals surface area contributed by atoms with Crippen LogP contribution in [0.4, 0.5) is 5.69 Å². The van der Waals surface area contributed by atoms with Crippen molar-refractivity contribution >= 4 is 17.5 Å². The Bertz CT molecular complexity index is 727. The van der Waals surface area contributed by atoms with E-state index in [-0.39, 0.29) is 18.4 Å². The average Bonchev–Trinajstić information content (AvgIpc) is 3.05. The molecule has 114 valence electrons. The summed E-state index contributed by atoms with van der Waals surface area (Å²) in [7, 11) is 0. The molecule has 0 radical (unpaired) electrons. The third-order valence-electron chi connectivity index (χ3n) is 5.06. The van der Waals surface area contributed by atoms with Crippen LogP contribution >= 0.6 is 0 Å². The molecule has 2 saturated heterocycles. The topological polar surface area (TPSA) is 66.8 Å². The van der Waals surface area contributed by atoms with Crippen molar-refractivity contribution in [1.29, 1.82) is 0 Å². The summed E-state index contributed by atoms with van der Waals surface area (Å²) in [6.07, 6.45) is 3.54. The minimum atomic E-state index is -1.06. The summed E-state index contributed by atoms with van der Waals surface area (Å²) in [6, 6.07) is 7.32. The molecule has 0 aliphatic carbocycles. The number of amides is 2. The zero-order valence-corrected chi connectivity index (χ0v) is 12.4. The van der Waals surface area contributed by atoms with Gasteiger partial charge in [0.25, 0.3) is 0 Å². The number of benzene rings is 1. The largest absolute Gasteiger partial charge is 0.393 e. The molecule has 5 nitrogen and oxygen atoms in total. The highest BCUT2D eigenvalue weighted by atomic mass is 16.5. The van der Waals surface area contributed by atoms with Gasteiger partial charge in [-0.1, -0.05) is 24.3 Å². The smallest absolute Gasteiger partial charge is 0.241 e. The highest BCUT2D eigenvalue weighted by Gasteiger charge is 2.72. The fourth-order valence-corrected chi connectivity index (χ4v) is 4.06. The quantitative estimate of drug-likeness (QED) is 0.658. The first-order chi connectivity index (χ1) is 10.4. The minimum Gasteiger partial charge on any atom is -0.393 e. The number of aliphatic hydroxyl groups is 1. The molecule has 2 bridgehead atoms. The van der Waals surface area contributed by atoms with Crippen LogP contribution in [0, 0.1) is 18.8 Å². The molecule has 2 amide bonds. The number of imide groups is 1. The van der Waals surface area contributed by atoms with Crippen molar-refractivity contribution in [3.63, 3.8) is 0 Å². The van der Waals surface area contributed by atoms with E-state index in [1.807, 2.05) is 25.1 Å². The van der Waals surface area contributed by atoms with Gasteiger partial charge in [-0.05, 0) is 31.5 Å². The molecule has 0 unspecified atom stereocenters. The number of nitrogens with zero attached hydrogens (tertiary/aromatic N) is 1. The first-order valence-electron chi connectivity index (χ1n) is 7.38. The van der Waals surface area contributed by atoms with E-state index in [4.69, 9.17) is 4.74 Å². The molecule has 22 heavy (non-hydrogen) atoms. The van der Waals surface area contributed by atoms with Gasteiger partial charge < -0.3 is 9.84 Å². The SMILES string of the molecule is Cc1cccc(N2C(=O)[C@@H]3[C@@H](C2=O)[C@@]2(CO)C=C[C@@]3(C)O2)c1. The molecular weight excluding hydrogens is 282 g/mol. The van der Waals surface area contributed by atoms with E-state index in [2.05, 4.69) is 0 Å². The summed E-state index contributed by atoms with van der Waals surface area (Å²) in [5, 5.41) is 9.75. The van der Waals surface area contributed by atoms with Crippen LogP contribution in [0.5, 0.6) is 0 Å². The number of rotatable bonds is 2. The van der Waals surface area contributed by atoms with Crippen LogP contribution in [-0.2, 0) is 14.3 Å². The molecule has 2 fully saturated rings. The third-order valence-corrected chi connectivity index (χ3v) is 5.06. The van der Waals surface area contributed by atoms with Gasteiger partial charge in [0.1, 0.15) is 5.60 Å². The van der Waals surface area contributed by atoms with Crippen molar-refractivity contribution in [2.45, 2.75) is 25.0 Å². The van der Waals surface area contributed by atoms with Crippen molar-refractivity contribution in [2.75, 3.05) is 11.5 Å². The Balaban J connectivity index is 1.82. The standard InChI is InChI=1S/C17H17NO4/c1-10-4-3-5-11(8-10)18-14(20)12-13(15(18)21)17(9-19)7-6-16(12,2)22-17/h3-8,12-13,19H,9H2,1-2H3/t12-,13-,16+,17-/m0/s1. The number of aliphatic hydroxyl groups excluding tert-OH is 1. The van der Waals surface area contributed by atoms with Gasteiger partial charge in [-0.25, -0.2) is 4.90 Å². The maximum atomic E-state index is 12.9. The Labute approximate surface area is 128 Å². The van der Waals surface area contributed by atoms with Crippen LogP contribution in [0.1, 0.15) is 12.5 Å². The van der Waals surface area contributed by atoms with Crippen LogP contribution in [0.25, 0.3) is 0 Å². The molecule has 3 aliphatic heterocycles. The molecule has 0 aromatic heterocycles. The Morgan fingerprint density at radius 1 is 1.23 bits per heavy atom. The second-order valence-electron chi connectivity index (χ2n) is 6.54. The van der Waals surface area contributed by atoms with Crippen LogP contribution in [0.15, 0.2) is 36.4 Å². The maximum Gasteiger partial charge on any atom is 0.241 e. The molecule has 0 spiro atoms. The molecule has 4 rings (SSSR count). The van der Waals surface area contributed by atoms with Gasteiger partial charge in [0.05, 0.1) is 29.7 Å². The number of aryl methyl sites for hydroxylation is 1. The van der Waals surface area contributed by atoms with Crippen molar-refractivity contribution < 1.29 is 19.4 Å². The Hall–Kier alpha value is -1.98. The van der Waals surface area contributed by atoms with Gasteiger partial charge in [0, 0.05) is 0 Å². The lowest BCUT2D eigenvalue weighted by Crippen LogP contribution is -2.43. The molecule has 1 N–H and O–H groups in total. The summed E-state index contributed by atoms with van der Waals surface area (Å²) in [5.41, 5.74) is -0.320. The maximum absolute atomic E-state index is 12.9. The highest BCUT2D eigenvalue weighted by molar-refractivity contribution is 6.23. The molecule has 3 aliphatic rings. The lowest BCUT2D eigenvalue weighted by Gasteiger charge is -2.27. The zero-order valence-electron chi connectivity index (χ0n) is 12.4. The molecule has 3 heterocycles. The fraction of sp³-hybridized carbons (Fsp3) is 0.412. The summed E-state index contributed by atoms with van der Waals surface area (Å²) in [5.74, 6) is -1.76. The van der Waals surface area contributed by atoms with Crippen molar-refractivity contribution in [1.82, 2.24) is 0 Å². The number of fused-ring (bicyclic) bond motifs is 5. The molecular formula is C17H17NO4. The molecule has 5 heteroatoms. The number of carbonyl (C=O) groups excluding carboxylic acids is 2. The lowest BCUT2D eigenvalue weighted by molar-refractivity contribution is -0.131. The van der Waals surface area contributed by atoms with Gasteiger partial charge in [0.2, 0.25) is 11.8 Å². The summed E-state index contributed by atoms with van der Waals surface area (Å²) >= 11 is 0. The first-order valence-corrected chi connectivity index (χ1v) is 7.38. The molecule has 0 saturated carbocycles. The van der Waals surface area contributed by atoms with E-state index in [0.29, 0.717) is 5.69 Å². The number of carbonyl (C=O) groups is 2. The molecule has 1 aromatic carbocycles. The van der Waals surface area contributed by atoms with Crippen LogP contribution in [0.2, 0.25) is 0 Å². The third kappa shape index (κ3) is 1.45. The monoisotopic (exact) mass is 299 g/mol. The van der Waals surface area contributed by atoms with E-state index >= 15 is 0 Å². The minimum absolute atomic E-state index is 0.247.